The highest BCUT2D eigenvalue weighted by Gasteiger charge is 2.38. The number of halogens is 3. The van der Waals surface area contributed by atoms with Crippen molar-refractivity contribution in [2.75, 3.05) is 0 Å². The average Bonchev–Trinajstić information content (AvgIpc) is 3.07. The molecule has 0 fully saturated rings. The van der Waals surface area contributed by atoms with E-state index in [-0.39, 0.29) is 11.9 Å². The zero-order valence-electron chi connectivity index (χ0n) is 13.9. The number of hydrogen-bond donors (Lipinski definition) is 3. The molecule has 0 bridgehead atoms. The number of hydrogen-bond acceptors (Lipinski definition) is 4. The molecule has 1 aromatic heterocycles. The van der Waals surface area contributed by atoms with Gasteiger partial charge in [-0.05, 0) is 36.1 Å². The third kappa shape index (κ3) is 7.66. The van der Waals surface area contributed by atoms with E-state index in [2.05, 4.69) is 16.8 Å². The molecular formula is C17H19F3N2O3S. The summed E-state index contributed by atoms with van der Waals surface area (Å²) in [6.07, 6.45) is -4.22. The van der Waals surface area contributed by atoms with E-state index in [1.54, 1.807) is 11.3 Å². The first-order valence-electron chi connectivity index (χ1n) is 7.55. The SMILES string of the molecule is CC(Cc1cccs1)NC(=O)c1ccc(CN)cc1.O=C(O)C(F)(F)F. The first-order valence-corrected chi connectivity index (χ1v) is 8.43. The van der Waals surface area contributed by atoms with Crippen LogP contribution in [0.4, 0.5) is 13.2 Å². The van der Waals surface area contributed by atoms with E-state index in [9.17, 15) is 18.0 Å². The summed E-state index contributed by atoms with van der Waals surface area (Å²) >= 11 is 1.71. The molecule has 0 spiro atoms. The number of carboxylic acid groups (broad SMARTS) is 1. The second-order valence-corrected chi connectivity index (χ2v) is 6.39. The molecule has 9 heteroatoms. The fourth-order valence-electron chi connectivity index (χ4n) is 1.88. The van der Waals surface area contributed by atoms with Crippen molar-refractivity contribution in [3.8, 4) is 0 Å². The summed E-state index contributed by atoms with van der Waals surface area (Å²) in [5, 5.41) is 12.2. The van der Waals surface area contributed by atoms with Gasteiger partial charge in [0.15, 0.2) is 0 Å². The van der Waals surface area contributed by atoms with Gasteiger partial charge in [-0.15, -0.1) is 11.3 Å². The number of thiophene rings is 1. The molecule has 1 unspecified atom stereocenters. The third-order valence-electron chi connectivity index (χ3n) is 3.16. The van der Waals surface area contributed by atoms with Crippen LogP contribution in [-0.4, -0.2) is 29.2 Å². The average molecular weight is 388 g/mol. The minimum atomic E-state index is -5.08. The molecule has 0 radical (unpaired) electrons. The van der Waals surface area contributed by atoms with Crippen molar-refractivity contribution in [1.29, 1.82) is 0 Å². The standard InChI is InChI=1S/C15H18N2OS.C2HF3O2/c1-11(9-14-3-2-8-19-14)17-15(18)13-6-4-12(10-16)5-7-13;3-2(4,5)1(6)7/h2-8,11H,9-10,16H2,1H3,(H,17,18);(H,6,7). The van der Waals surface area contributed by atoms with E-state index < -0.39 is 12.1 Å². The predicted octanol–water partition coefficient (Wildman–Crippen LogP) is 3.20. The molecule has 1 aromatic carbocycles. The molecular weight excluding hydrogens is 369 g/mol. The van der Waals surface area contributed by atoms with Crippen LogP contribution in [0.1, 0.15) is 27.7 Å². The Labute approximate surface area is 152 Å². The smallest absolute Gasteiger partial charge is 0.475 e. The van der Waals surface area contributed by atoms with Gasteiger partial charge in [0.1, 0.15) is 0 Å². The molecule has 1 heterocycles. The number of carboxylic acids is 1. The van der Waals surface area contributed by atoms with Crippen molar-refractivity contribution in [3.05, 3.63) is 57.8 Å². The Balaban J connectivity index is 0.000000412. The molecule has 0 aliphatic carbocycles. The Morgan fingerprint density at radius 1 is 1.23 bits per heavy atom. The van der Waals surface area contributed by atoms with E-state index in [4.69, 9.17) is 15.6 Å². The van der Waals surface area contributed by atoms with Crippen LogP contribution < -0.4 is 11.1 Å². The zero-order chi connectivity index (χ0) is 19.7. The minimum absolute atomic E-state index is 0.0346. The summed E-state index contributed by atoms with van der Waals surface area (Å²) in [6, 6.07) is 11.6. The van der Waals surface area contributed by atoms with Gasteiger partial charge in [-0.25, -0.2) is 4.79 Å². The maximum Gasteiger partial charge on any atom is 0.490 e. The zero-order valence-corrected chi connectivity index (χ0v) is 14.7. The highest BCUT2D eigenvalue weighted by Crippen LogP contribution is 2.13. The van der Waals surface area contributed by atoms with Crippen LogP contribution in [0.15, 0.2) is 41.8 Å². The highest BCUT2D eigenvalue weighted by atomic mass is 32.1. The number of carbonyl (C=O) groups excluding carboxylic acids is 1. The van der Waals surface area contributed by atoms with E-state index in [0.717, 1.165) is 12.0 Å². The molecule has 1 atom stereocenters. The molecule has 1 amide bonds. The van der Waals surface area contributed by atoms with Crippen molar-refractivity contribution < 1.29 is 27.9 Å². The van der Waals surface area contributed by atoms with E-state index in [1.165, 1.54) is 4.88 Å². The molecule has 0 saturated heterocycles. The minimum Gasteiger partial charge on any atom is -0.475 e. The first-order chi connectivity index (χ1) is 12.1. The first kappa shape index (κ1) is 21.7. The maximum absolute atomic E-state index is 12.0. The third-order valence-corrected chi connectivity index (χ3v) is 4.06. The van der Waals surface area contributed by atoms with E-state index >= 15 is 0 Å². The lowest BCUT2D eigenvalue weighted by Gasteiger charge is -2.13. The van der Waals surface area contributed by atoms with Gasteiger partial charge in [0.2, 0.25) is 0 Å². The monoisotopic (exact) mass is 388 g/mol. The molecule has 2 aromatic rings. The molecule has 26 heavy (non-hydrogen) atoms. The van der Waals surface area contributed by atoms with Crippen molar-refractivity contribution in [3.63, 3.8) is 0 Å². The van der Waals surface area contributed by atoms with Crippen molar-refractivity contribution in [2.24, 2.45) is 5.73 Å². The number of nitrogens with two attached hydrogens (primary N) is 1. The predicted molar refractivity (Wildman–Crippen MR) is 93.0 cm³/mol. The topological polar surface area (TPSA) is 92.4 Å². The van der Waals surface area contributed by atoms with Gasteiger partial charge in [-0.1, -0.05) is 18.2 Å². The molecule has 142 valence electrons. The number of amides is 1. The summed E-state index contributed by atoms with van der Waals surface area (Å²) in [5.74, 6) is -2.79. The molecule has 5 nitrogen and oxygen atoms in total. The quantitative estimate of drug-likeness (QED) is 0.733. The summed E-state index contributed by atoms with van der Waals surface area (Å²) in [6.45, 7) is 2.52. The lowest BCUT2D eigenvalue weighted by molar-refractivity contribution is -0.192. The Kier molecular flexibility index (Phi) is 8.27. The van der Waals surface area contributed by atoms with Crippen LogP contribution in [0, 0.1) is 0 Å². The van der Waals surface area contributed by atoms with Crippen molar-refractivity contribution >= 4 is 23.2 Å². The van der Waals surface area contributed by atoms with Crippen LogP contribution in [0.5, 0.6) is 0 Å². The summed E-state index contributed by atoms with van der Waals surface area (Å²) in [5.41, 5.74) is 7.24. The van der Waals surface area contributed by atoms with Crippen LogP contribution in [0.25, 0.3) is 0 Å². The van der Waals surface area contributed by atoms with Crippen molar-refractivity contribution in [1.82, 2.24) is 5.32 Å². The fraction of sp³-hybridized carbons (Fsp3) is 0.294. The molecule has 0 aliphatic heterocycles. The summed E-state index contributed by atoms with van der Waals surface area (Å²) in [7, 11) is 0. The highest BCUT2D eigenvalue weighted by molar-refractivity contribution is 7.09. The molecule has 0 saturated carbocycles. The Bertz CT molecular complexity index is 701. The molecule has 0 aliphatic rings. The van der Waals surface area contributed by atoms with Crippen LogP contribution in [0.2, 0.25) is 0 Å². The van der Waals surface area contributed by atoms with Gasteiger partial charge in [-0.2, -0.15) is 13.2 Å². The van der Waals surface area contributed by atoms with Crippen molar-refractivity contribution in [2.45, 2.75) is 32.1 Å². The summed E-state index contributed by atoms with van der Waals surface area (Å²) < 4.78 is 31.7. The van der Waals surface area contributed by atoms with Crippen LogP contribution in [-0.2, 0) is 17.8 Å². The number of aliphatic carboxylic acids is 1. The lowest BCUT2D eigenvalue weighted by atomic mass is 10.1. The second kappa shape index (κ2) is 9.93. The van der Waals surface area contributed by atoms with Gasteiger partial charge in [0.05, 0.1) is 0 Å². The molecule has 2 rings (SSSR count). The lowest BCUT2D eigenvalue weighted by Crippen LogP contribution is -2.33. The largest absolute Gasteiger partial charge is 0.490 e. The molecule has 4 N–H and O–H groups in total. The van der Waals surface area contributed by atoms with Gasteiger partial charge in [-0.3, -0.25) is 4.79 Å². The Morgan fingerprint density at radius 2 is 1.81 bits per heavy atom. The van der Waals surface area contributed by atoms with Crippen LogP contribution >= 0.6 is 11.3 Å². The number of carbonyl (C=O) groups is 2. The van der Waals surface area contributed by atoms with E-state index in [1.807, 2.05) is 37.3 Å². The second-order valence-electron chi connectivity index (χ2n) is 5.36. The number of alkyl halides is 3. The van der Waals surface area contributed by atoms with Gasteiger partial charge < -0.3 is 16.2 Å². The number of benzene rings is 1. The van der Waals surface area contributed by atoms with E-state index in [0.29, 0.717) is 12.1 Å². The fourth-order valence-corrected chi connectivity index (χ4v) is 2.72. The number of rotatable bonds is 5. The Morgan fingerprint density at radius 3 is 2.23 bits per heavy atom. The van der Waals surface area contributed by atoms with Gasteiger partial charge in [0, 0.05) is 29.4 Å². The van der Waals surface area contributed by atoms with Gasteiger partial charge in [0.25, 0.3) is 5.91 Å². The van der Waals surface area contributed by atoms with Gasteiger partial charge >= 0.3 is 12.1 Å². The van der Waals surface area contributed by atoms with Crippen LogP contribution in [0.3, 0.4) is 0 Å². The maximum atomic E-state index is 12.0. The Hall–Kier alpha value is -2.39. The number of nitrogens with one attached hydrogen (secondary N) is 1. The summed E-state index contributed by atoms with van der Waals surface area (Å²) in [4.78, 5) is 22.2. The normalized spacial score (nSPS) is 11.9.